The molecule has 0 aliphatic carbocycles. The van der Waals surface area contributed by atoms with E-state index >= 15 is 4.39 Å². The number of hydrogen-bond acceptors (Lipinski definition) is 6. The molecule has 1 aromatic heterocycles. The molecule has 0 unspecified atom stereocenters. The lowest BCUT2D eigenvalue weighted by molar-refractivity contribution is 0.0694. The third kappa shape index (κ3) is 3.60. The molecule has 3 aromatic rings. The molecule has 8 nitrogen and oxygen atoms in total. The standard InChI is InChI=1S/C23H22FN3O5/c1-13(28)14-3-5-15(6-4-14)27-12-17(23(30)31)21(29)16-11-18(24)20(22(32-2)19(16)27)26-9-7-25-8-10-26/h3-6,11-12,25H,7-10H2,1-2H3,(H,30,31). The van der Waals surface area contributed by atoms with Crippen molar-refractivity contribution in [2.75, 3.05) is 38.2 Å². The highest BCUT2D eigenvalue weighted by Gasteiger charge is 2.26. The lowest BCUT2D eigenvalue weighted by atomic mass is 10.1. The maximum absolute atomic E-state index is 15.3. The van der Waals surface area contributed by atoms with Gasteiger partial charge in [0.15, 0.2) is 17.3 Å². The minimum Gasteiger partial charge on any atom is -0.492 e. The first-order valence-corrected chi connectivity index (χ1v) is 10.1. The van der Waals surface area contributed by atoms with Crippen LogP contribution >= 0.6 is 0 Å². The monoisotopic (exact) mass is 439 g/mol. The number of Topliss-reactive ketones (excluding diaryl/α,β-unsaturated/α-hetero) is 1. The van der Waals surface area contributed by atoms with Gasteiger partial charge in [0, 0.05) is 43.6 Å². The highest BCUT2D eigenvalue weighted by Crippen LogP contribution is 2.39. The number of anilines is 1. The third-order valence-electron chi connectivity index (χ3n) is 5.59. The molecular weight excluding hydrogens is 417 g/mol. The van der Waals surface area contributed by atoms with Crippen molar-refractivity contribution in [3.63, 3.8) is 0 Å². The molecule has 2 aromatic carbocycles. The fourth-order valence-corrected chi connectivity index (χ4v) is 4.01. The maximum Gasteiger partial charge on any atom is 0.341 e. The molecule has 1 saturated heterocycles. The summed E-state index contributed by atoms with van der Waals surface area (Å²) < 4.78 is 22.4. The second-order valence-electron chi connectivity index (χ2n) is 7.52. The summed E-state index contributed by atoms with van der Waals surface area (Å²) in [7, 11) is 1.39. The van der Waals surface area contributed by atoms with E-state index in [1.54, 1.807) is 24.3 Å². The molecule has 1 aliphatic heterocycles. The van der Waals surface area contributed by atoms with Crippen LogP contribution in [0.15, 0.2) is 41.3 Å². The summed E-state index contributed by atoms with van der Waals surface area (Å²) in [4.78, 5) is 38.2. The number of ketones is 1. The SMILES string of the molecule is COc1c(N2CCNCC2)c(F)cc2c(=O)c(C(=O)O)cn(-c3ccc(C(C)=O)cc3)c12. The molecule has 166 valence electrons. The van der Waals surface area contributed by atoms with Gasteiger partial charge in [-0.2, -0.15) is 0 Å². The van der Waals surface area contributed by atoms with Crippen molar-refractivity contribution < 1.29 is 23.8 Å². The van der Waals surface area contributed by atoms with Crippen LogP contribution in [0.4, 0.5) is 10.1 Å². The van der Waals surface area contributed by atoms with Crippen LogP contribution in [0.5, 0.6) is 5.75 Å². The lowest BCUT2D eigenvalue weighted by Gasteiger charge is -2.31. The molecule has 0 spiro atoms. The number of pyridine rings is 1. The van der Waals surface area contributed by atoms with Gasteiger partial charge in [0.1, 0.15) is 16.8 Å². The van der Waals surface area contributed by atoms with Gasteiger partial charge in [-0.05, 0) is 37.3 Å². The zero-order chi connectivity index (χ0) is 23.0. The number of nitrogens with zero attached hydrogens (tertiary/aromatic N) is 2. The molecule has 0 bridgehead atoms. The largest absolute Gasteiger partial charge is 0.492 e. The summed E-state index contributed by atoms with van der Waals surface area (Å²) in [5.41, 5.74) is 0.166. The van der Waals surface area contributed by atoms with Crippen molar-refractivity contribution in [3.8, 4) is 11.4 Å². The number of nitrogens with one attached hydrogen (secondary N) is 1. The van der Waals surface area contributed by atoms with Crippen LogP contribution in [0.2, 0.25) is 0 Å². The Labute approximate surface area is 182 Å². The van der Waals surface area contributed by atoms with E-state index in [1.807, 2.05) is 4.90 Å². The average molecular weight is 439 g/mol. The number of hydrogen-bond donors (Lipinski definition) is 2. The Bertz CT molecular complexity index is 1280. The zero-order valence-corrected chi connectivity index (χ0v) is 17.6. The number of halogens is 1. The molecule has 1 aliphatic rings. The molecule has 0 atom stereocenters. The first-order chi connectivity index (χ1) is 15.3. The van der Waals surface area contributed by atoms with Crippen LogP contribution in [0.1, 0.15) is 27.6 Å². The number of aromatic nitrogens is 1. The van der Waals surface area contributed by atoms with Crippen molar-refractivity contribution in [3.05, 3.63) is 63.7 Å². The summed E-state index contributed by atoms with van der Waals surface area (Å²) in [5.74, 6) is -2.05. The summed E-state index contributed by atoms with van der Waals surface area (Å²) >= 11 is 0. The number of methoxy groups -OCH3 is 1. The number of piperazine rings is 1. The second-order valence-corrected chi connectivity index (χ2v) is 7.52. The summed E-state index contributed by atoms with van der Waals surface area (Å²) in [5, 5.41) is 12.7. The topological polar surface area (TPSA) is 101 Å². The van der Waals surface area contributed by atoms with Crippen molar-refractivity contribution in [1.29, 1.82) is 0 Å². The van der Waals surface area contributed by atoms with Crippen LogP contribution in [0, 0.1) is 5.82 Å². The molecule has 1 fully saturated rings. The highest BCUT2D eigenvalue weighted by molar-refractivity contribution is 5.98. The van der Waals surface area contributed by atoms with Crippen LogP contribution in [0.3, 0.4) is 0 Å². The molecule has 0 saturated carbocycles. The number of benzene rings is 2. The maximum atomic E-state index is 15.3. The van der Waals surface area contributed by atoms with E-state index < -0.39 is 22.8 Å². The van der Waals surface area contributed by atoms with Crippen molar-refractivity contribution in [1.82, 2.24) is 9.88 Å². The second kappa shape index (κ2) is 8.43. The Hall–Kier alpha value is -3.72. The van der Waals surface area contributed by atoms with E-state index in [9.17, 15) is 19.5 Å². The first-order valence-electron chi connectivity index (χ1n) is 10.1. The van der Waals surface area contributed by atoms with Gasteiger partial charge in [-0.1, -0.05) is 0 Å². The lowest BCUT2D eigenvalue weighted by Crippen LogP contribution is -2.44. The Morgan fingerprint density at radius 3 is 2.38 bits per heavy atom. The summed E-state index contributed by atoms with van der Waals surface area (Å²) in [6.45, 7) is 3.86. The normalized spacial score (nSPS) is 13.9. The number of carboxylic acid groups (broad SMARTS) is 1. The molecule has 0 amide bonds. The molecular formula is C23H22FN3O5. The molecule has 2 N–H and O–H groups in total. The number of fused-ring (bicyclic) bond motifs is 1. The van der Waals surface area contributed by atoms with E-state index in [2.05, 4.69) is 5.32 Å². The van der Waals surface area contributed by atoms with E-state index in [-0.39, 0.29) is 28.1 Å². The van der Waals surface area contributed by atoms with Gasteiger partial charge in [-0.15, -0.1) is 0 Å². The fourth-order valence-electron chi connectivity index (χ4n) is 4.01. The van der Waals surface area contributed by atoms with Crippen molar-refractivity contribution in [2.24, 2.45) is 0 Å². The third-order valence-corrected chi connectivity index (χ3v) is 5.59. The Balaban J connectivity index is 2.08. The Morgan fingerprint density at radius 2 is 1.81 bits per heavy atom. The minimum atomic E-state index is -1.42. The fraction of sp³-hybridized carbons (Fsp3) is 0.261. The van der Waals surface area contributed by atoms with Crippen LogP contribution < -0.4 is 20.4 Å². The zero-order valence-electron chi connectivity index (χ0n) is 17.6. The van der Waals surface area contributed by atoms with Crippen LogP contribution in [-0.2, 0) is 0 Å². The van der Waals surface area contributed by atoms with E-state index in [4.69, 9.17) is 4.74 Å². The molecule has 0 radical (unpaired) electrons. The Kier molecular flexibility index (Phi) is 5.67. The van der Waals surface area contributed by atoms with E-state index in [0.717, 1.165) is 6.07 Å². The average Bonchev–Trinajstić information content (AvgIpc) is 2.79. The quantitative estimate of drug-likeness (QED) is 0.589. The van der Waals surface area contributed by atoms with Gasteiger partial charge < -0.3 is 24.6 Å². The van der Waals surface area contributed by atoms with Gasteiger partial charge >= 0.3 is 5.97 Å². The first kappa shape index (κ1) is 21.5. The molecule has 4 rings (SSSR count). The van der Waals surface area contributed by atoms with Gasteiger partial charge in [-0.3, -0.25) is 9.59 Å². The minimum absolute atomic E-state index is 0.103. The summed E-state index contributed by atoms with van der Waals surface area (Å²) in [6, 6.07) is 7.56. The smallest absolute Gasteiger partial charge is 0.341 e. The van der Waals surface area contributed by atoms with E-state index in [1.165, 1.54) is 24.8 Å². The van der Waals surface area contributed by atoms with Gasteiger partial charge in [0.25, 0.3) is 0 Å². The van der Waals surface area contributed by atoms with E-state index in [0.29, 0.717) is 37.4 Å². The van der Waals surface area contributed by atoms with Crippen molar-refractivity contribution in [2.45, 2.75) is 6.92 Å². The highest BCUT2D eigenvalue weighted by atomic mass is 19.1. The van der Waals surface area contributed by atoms with Crippen LogP contribution in [0.25, 0.3) is 16.6 Å². The van der Waals surface area contributed by atoms with Gasteiger partial charge in [0.2, 0.25) is 5.43 Å². The molecule has 9 heteroatoms. The predicted molar refractivity (Wildman–Crippen MR) is 118 cm³/mol. The van der Waals surface area contributed by atoms with Gasteiger partial charge in [-0.25, -0.2) is 9.18 Å². The predicted octanol–water partition coefficient (Wildman–Crippen LogP) is 2.45. The number of carboxylic acids is 1. The number of ether oxygens (including phenoxy) is 1. The molecule has 32 heavy (non-hydrogen) atoms. The number of rotatable bonds is 5. The molecule has 2 heterocycles. The number of aromatic carboxylic acids is 1. The summed E-state index contributed by atoms with van der Waals surface area (Å²) in [6.07, 6.45) is 1.21. The Morgan fingerprint density at radius 1 is 1.16 bits per heavy atom. The number of carbonyl (C=O) groups is 2. The van der Waals surface area contributed by atoms with Crippen LogP contribution in [-0.4, -0.2) is 54.7 Å². The van der Waals surface area contributed by atoms with Crippen molar-refractivity contribution >= 4 is 28.3 Å². The van der Waals surface area contributed by atoms with Gasteiger partial charge in [0.05, 0.1) is 12.5 Å². The number of carbonyl (C=O) groups excluding carboxylic acids is 1.